The average Bonchev–Trinajstić information content (AvgIpc) is 2.50. The molecular formula is C17H19Cl2N2O2+. The lowest BCUT2D eigenvalue weighted by Crippen LogP contribution is -3.08. The second kappa shape index (κ2) is 8.20. The summed E-state index contributed by atoms with van der Waals surface area (Å²) in [7, 11) is 3.60. The number of anilines is 1. The number of hydrogen-bond donors (Lipinski definition) is 2. The molecule has 0 spiro atoms. The van der Waals surface area contributed by atoms with E-state index in [0.29, 0.717) is 22.3 Å². The van der Waals surface area contributed by atoms with E-state index >= 15 is 0 Å². The van der Waals surface area contributed by atoms with Gasteiger partial charge in [-0.2, -0.15) is 0 Å². The molecule has 0 fully saturated rings. The summed E-state index contributed by atoms with van der Waals surface area (Å²) < 4.78 is 5.21. The smallest absolute Gasteiger partial charge is 0.279 e. The minimum Gasteiger partial charge on any atom is -0.497 e. The van der Waals surface area contributed by atoms with Gasteiger partial charge in [0.15, 0.2) is 6.54 Å². The predicted octanol–water partition coefficient (Wildman–Crippen LogP) is 2.66. The second-order valence-corrected chi connectivity index (χ2v) is 6.18. The molecule has 0 aliphatic rings. The van der Waals surface area contributed by atoms with Gasteiger partial charge in [0.25, 0.3) is 5.91 Å². The highest BCUT2D eigenvalue weighted by Crippen LogP contribution is 2.25. The Balaban J connectivity index is 1.91. The van der Waals surface area contributed by atoms with Crippen molar-refractivity contribution < 1.29 is 14.4 Å². The first-order valence-electron chi connectivity index (χ1n) is 7.17. The standard InChI is InChI=1S/C17H18Cl2N2O2/c1-21(10-12-4-3-5-14(8-12)23-2)11-17(22)20-16-7-6-13(18)9-15(16)19/h3-9H,10-11H2,1-2H3,(H,20,22)/p+1. The number of carbonyl (C=O) groups is 1. The molecule has 4 nitrogen and oxygen atoms in total. The van der Waals surface area contributed by atoms with Crippen LogP contribution in [-0.4, -0.2) is 26.6 Å². The SMILES string of the molecule is COc1cccc(C[NH+](C)CC(=O)Nc2ccc(Cl)cc2Cl)c1. The summed E-state index contributed by atoms with van der Waals surface area (Å²) in [5, 5.41) is 3.76. The van der Waals surface area contributed by atoms with Gasteiger partial charge in [-0.05, 0) is 30.3 Å². The molecule has 0 heterocycles. The molecule has 0 aromatic heterocycles. The van der Waals surface area contributed by atoms with Crippen LogP contribution in [0, 0.1) is 0 Å². The number of methoxy groups -OCH3 is 1. The largest absolute Gasteiger partial charge is 0.497 e. The third-order valence-corrected chi connectivity index (χ3v) is 3.86. The molecule has 2 aromatic carbocycles. The zero-order valence-corrected chi connectivity index (χ0v) is 14.5. The van der Waals surface area contributed by atoms with Crippen molar-refractivity contribution in [2.24, 2.45) is 0 Å². The molecule has 2 aromatic rings. The molecule has 0 radical (unpaired) electrons. The summed E-state index contributed by atoms with van der Waals surface area (Å²) in [5.41, 5.74) is 1.68. The van der Waals surface area contributed by atoms with Crippen LogP contribution >= 0.6 is 23.2 Å². The van der Waals surface area contributed by atoms with Gasteiger partial charge in [-0.3, -0.25) is 4.79 Å². The number of nitrogens with one attached hydrogen (secondary N) is 2. The molecule has 1 unspecified atom stereocenters. The lowest BCUT2D eigenvalue weighted by molar-refractivity contribution is -0.885. The number of amides is 1. The quantitative estimate of drug-likeness (QED) is 0.838. The van der Waals surface area contributed by atoms with Crippen LogP contribution in [0.5, 0.6) is 5.75 Å². The highest BCUT2D eigenvalue weighted by molar-refractivity contribution is 6.36. The van der Waals surface area contributed by atoms with Gasteiger partial charge in [-0.15, -0.1) is 0 Å². The van der Waals surface area contributed by atoms with Gasteiger partial charge in [0.2, 0.25) is 0 Å². The Labute approximate surface area is 146 Å². The van der Waals surface area contributed by atoms with Crippen molar-refractivity contribution in [3.05, 3.63) is 58.1 Å². The minimum absolute atomic E-state index is 0.102. The molecule has 0 bridgehead atoms. The van der Waals surface area contributed by atoms with Crippen molar-refractivity contribution in [3.63, 3.8) is 0 Å². The normalized spacial score (nSPS) is 11.8. The number of rotatable bonds is 6. The van der Waals surface area contributed by atoms with Crippen molar-refractivity contribution in [1.82, 2.24) is 0 Å². The second-order valence-electron chi connectivity index (χ2n) is 5.33. The summed E-state index contributed by atoms with van der Waals surface area (Å²) in [6, 6.07) is 12.8. The van der Waals surface area contributed by atoms with Crippen molar-refractivity contribution in [3.8, 4) is 5.75 Å². The average molecular weight is 354 g/mol. The van der Waals surface area contributed by atoms with E-state index in [1.54, 1.807) is 25.3 Å². The maximum absolute atomic E-state index is 12.1. The number of ether oxygens (including phenoxy) is 1. The molecule has 23 heavy (non-hydrogen) atoms. The number of likely N-dealkylation sites (N-methyl/N-ethyl adjacent to an activating group) is 1. The first kappa shape index (κ1) is 17.6. The van der Waals surface area contributed by atoms with E-state index < -0.39 is 0 Å². The van der Waals surface area contributed by atoms with Crippen LogP contribution in [0.1, 0.15) is 5.56 Å². The Kier molecular flexibility index (Phi) is 6.28. The van der Waals surface area contributed by atoms with Gasteiger partial charge in [-0.25, -0.2) is 0 Å². The van der Waals surface area contributed by atoms with Gasteiger partial charge in [0.05, 0.1) is 24.9 Å². The molecule has 122 valence electrons. The minimum atomic E-state index is -0.102. The number of benzene rings is 2. The van der Waals surface area contributed by atoms with Crippen LogP contribution in [0.3, 0.4) is 0 Å². The van der Waals surface area contributed by atoms with E-state index in [0.717, 1.165) is 22.8 Å². The van der Waals surface area contributed by atoms with Crippen LogP contribution in [0.2, 0.25) is 10.0 Å². The van der Waals surface area contributed by atoms with Crippen molar-refractivity contribution >= 4 is 34.8 Å². The lowest BCUT2D eigenvalue weighted by atomic mass is 10.2. The zero-order chi connectivity index (χ0) is 16.8. The van der Waals surface area contributed by atoms with Crippen LogP contribution in [0.15, 0.2) is 42.5 Å². The van der Waals surface area contributed by atoms with Gasteiger partial charge in [-0.1, -0.05) is 35.3 Å². The van der Waals surface area contributed by atoms with Crippen LogP contribution in [0.25, 0.3) is 0 Å². The van der Waals surface area contributed by atoms with Crippen molar-refractivity contribution in [2.45, 2.75) is 6.54 Å². The Hall–Kier alpha value is -1.75. The highest BCUT2D eigenvalue weighted by atomic mass is 35.5. The maximum Gasteiger partial charge on any atom is 0.279 e. The van der Waals surface area contributed by atoms with E-state index in [2.05, 4.69) is 5.32 Å². The van der Waals surface area contributed by atoms with Crippen LogP contribution in [0.4, 0.5) is 5.69 Å². The van der Waals surface area contributed by atoms with Crippen molar-refractivity contribution in [2.75, 3.05) is 26.0 Å². The predicted molar refractivity (Wildman–Crippen MR) is 93.5 cm³/mol. The summed E-state index contributed by atoms with van der Waals surface area (Å²) in [4.78, 5) is 13.2. The molecule has 0 saturated carbocycles. The monoisotopic (exact) mass is 353 g/mol. The van der Waals surface area contributed by atoms with E-state index in [-0.39, 0.29) is 5.91 Å². The van der Waals surface area contributed by atoms with Gasteiger partial charge in [0.1, 0.15) is 12.3 Å². The van der Waals surface area contributed by atoms with E-state index in [4.69, 9.17) is 27.9 Å². The first-order valence-corrected chi connectivity index (χ1v) is 7.92. The molecule has 0 aliphatic heterocycles. The Morgan fingerprint density at radius 3 is 2.70 bits per heavy atom. The summed E-state index contributed by atoms with van der Waals surface area (Å²) in [6.07, 6.45) is 0. The third-order valence-electron chi connectivity index (χ3n) is 3.31. The fraction of sp³-hybridized carbons (Fsp3) is 0.235. The Bertz CT molecular complexity index is 692. The third kappa shape index (κ3) is 5.43. The summed E-state index contributed by atoms with van der Waals surface area (Å²) in [5.74, 6) is 0.710. The van der Waals surface area contributed by atoms with Gasteiger partial charge < -0.3 is 15.0 Å². The molecule has 2 N–H and O–H groups in total. The van der Waals surface area contributed by atoms with Crippen LogP contribution in [-0.2, 0) is 11.3 Å². The molecule has 2 rings (SSSR count). The molecule has 1 amide bonds. The lowest BCUT2D eigenvalue weighted by Gasteiger charge is -2.15. The fourth-order valence-electron chi connectivity index (χ4n) is 2.25. The first-order chi connectivity index (χ1) is 11.0. The highest BCUT2D eigenvalue weighted by Gasteiger charge is 2.12. The molecule has 0 saturated heterocycles. The Morgan fingerprint density at radius 2 is 2.00 bits per heavy atom. The summed E-state index contributed by atoms with van der Waals surface area (Å²) in [6.45, 7) is 1.05. The summed E-state index contributed by atoms with van der Waals surface area (Å²) >= 11 is 11.9. The van der Waals surface area contributed by atoms with Crippen LogP contribution < -0.4 is 15.0 Å². The molecule has 1 atom stereocenters. The van der Waals surface area contributed by atoms with E-state index in [1.165, 1.54) is 0 Å². The maximum atomic E-state index is 12.1. The topological polar surface area (TPSA) is 42.8 Å². The number of hydrogen-bond acceptors (Lipinski definition) is 2. The zero-order valence-electron chi connectivity index (χ0n) is 13.0. The molecule has 0 aliphatic carbocycles. The van der Waals surface area contributed by atoms with Gasteiger partial charge >= 0.3 is 0 Å². The van der Waals surface area contributed by atoms with Crippen molar-refractivity contribution in [1.29, 1.82) is 0 Å². The van der Waals surface area contributed by atoms with Gasteiger partial charge in [0, 0.05) is 10.6 Å². The van der Waals surface area contributed by atoms with E-state index in [1.807, 2.05) is 31.3 Å². The number of quaternary nitrogens is 1. The Morgan fingerprint density at radius 1 is 1.22 bits per heavy atom. The molecule has 6 heteroatoms. The fourth-order valence-corrected chi connectivity index (χ4v) is 2.71. The number of carbonyl (C=O) groups excluding carboxylic acids is 1. The number of halogens is 2. The van der Waals surface area contributed by atoms with E-state index in [9.17, 15) is 4.79 Å². The molecular weight excluding hydrogens is 335 g/mol.